The van der Waals surface area contributed by atoms with E-state index in [4.69, 9.17) is 4.74 Å². The van der Waals surface area contributed by atoms with Crippen LogP contribution >= 0.6 is 0 Å². The second-order valence-electron chi connectivity index (χ2n) is 7.68. The van der Waals surface area contributed by atoms with Crippen LogP contribution in [0.2, 0.25) is 0 Å². The molecule has 2 rings (SSSR count). The van der Waals surface area contributed by atoms with E-state index in [1.54, 1.807) is 11.8 Å². The van der Waals surface area contributed by atoms with Crippen molar-refractivity contribution in [1.82, 2.24) is 10.2 Å². The van der Waals surface area contributed by atoms with Gasteiger partial charge in [0.2, 0.25) is 11.8 Å². The van der Waals surface area contributed by atoms with E-state index in [9.17, 15) is 9.59 Å². The lowest BCUT2D eigenvalue weighted by Crippen LogP contribution is -2.47. The second-order valence-corrected chi connectivity index (χ2v) is 7.68. The quantitative estimate of drug-likeness (QED) is 0.559. The molecule has 0 aliphatic carbocycles. The number of nitrogens with one attached hydrogen (secondary N) is 1. The molecule has 0 bridgehead atoms. The number of aryl methyl sites for hydroxylation is 2. The SMILES string of the molecule is CCCNC(=O)[C@H](C)N(Cc1ccccc1C)C(=O)CCCOc1ccc(C)cc1. The Balaban J connectivity index is 1.98. The minimum Gasteiger partial charge on any atom is -0.494 e. The summed E-state index contributed by atoms with van der Waals surface area (Å²) in [6.45, 7) is 9.35. The van der Waals surface area contributed by atoms with Crippen LogP contribution in [-0.4, -0.2) is 35.9 Å². The zero-order valence-electron chi connectivity index (χ0n) is 18.6. The summed E-state index contributed by atoms with van der Waals surface area (Å²) in [5, 5.41) is 2.90. The Morgan fingerprint density at radius 1 is 1.07 bits per heavy atom. The molecule has 0 saturated heterocycles. The number of hydrogen-bond donors (Lipinski definition) is 1. The zero-order chi connectivity index (χ0) is 21.9. The van der Waals surface area contributed by atoms with Crippen LogP contribution in [0.25, 0.3) is 0 Å². The van der Waals surface area contributed by atoms with E-state index in [0.29, 0.717) is 32.5 Å². The Bertz CT molecular complexity index is 817. The normalized spacial score (nSPS) is 11.6. The van der Waals surface area contributed by atoms with E-state index in [2.05, 4.69) is 5.32 Å². The lowest BCUT2D eigenvalue weighted by Gasteiger charge is -2.29. The lowest BCUT2D eigenvalue weighted by atomic mass is 10.1. The summed E-state index contributed by atoms with van der Waals surface area (Å²) in [7, 11) is 0. The summed E-state index contributed by atoms with van der Waals surface area (Å²) in [5.74, 6) is 0.650. The molecule has 5 heteroatoms. The van der Waals surface area contributed by atoms with E-state index >= 15 is 0 Å². The molecule has 162 valence electrons. The highest BCUT2D eigenvalue weighted by Gasteiger charge is 2.25. The molecule has 0 spiro atoms. The molecule has 0 aromatic heterocycles. The van der Waals surface area contributed by atoms with Crippen molar-refractivity contribution in [1.29, 1.82) is 0 Å². The lowest BCUT2D eigenvalue weighted by molar-refractivity contribution is -0.140. The maximum Gasteiger partial charge on any atom is 0.242 e. The van der Waals surface area contributed by atoms with Crippen LogP contribution in [0.15, 0.2) is 48.5 Å². The van der Waals surface area contributed by atoms with Crippen molar-refractivity contribution in [2.75, 3.05) is 13.2 Å². The first kappa shape index (κ1) is 23.5. The predicted molar refractivity (Wildman–Crippen MR) is 120 cm³/mol. The largest absolute Gasteiger partial charge is 0.494 e. The van der Waals surface area contributed by atoms with Crippen LogP contribution < -0.4 is 10.1 Å². The standard InChI is InChI=1S/C25H34N2O3/c1-5-16-26-25(29)21(4)27(18-22-10-7-6-9-20(22)3)24(28)11-8-17-30-23-14-12-19(2)13-15-23/h6-7,9-10,12-15,21H,5,8,11,16-18H2,1-4H3,(H,26,29)/t21-/m0/s1. The van der Waals surface area contributed by atoms with Crippen LogP contribution in [0, 0.1) is 13.8 Å². The van der Waals surface area contributed by atoms with Gasteiger partial charge in [0.15, 0.2) is 0 Å². The van der Waals surface area contributed by atoms with Gasteiger partial charge < -0.3 is 15.0 Å². The van der Waals surface area contributed by atoms with Gasteiger partial charge in [0.05, 0.1) is 6.61 Å². The van der Waals surface area contributed by atoms with E-state index in [1.165, 1.54) is 5.56 Å². The van der Waals surface area contributed by atoms with Gasteiger partial charge >= 0.3 is 0 Å². The minimum absolute atomic E-state index is 0.0371. The molecule has 30 heavy (non-hydrogen) atoms. The molecule has 0 saturated carbocycles. The van der Waals surface area contributed by atoms with Crippen LogP contribution in [0.1, 0.15) is 49.8 Å². The van der Waals surface area contributed by atoms with Gasteiger partial charge in [0, 0.05) is 19.5 Å². The molecule has 0 radical (unpaired) electrons. The first-order valence-electron chi connectivity index (χ1n) is 10.7. The Labute approximate surface area is 180 Å². The fourth-order valence-corrected chi connectivity index (χ4v) is 3.14. The van der Waals surface area contributed by atoms with Gasteiger partial charge in [-0.1, -0.05) is 48.9 Å². The van der Waals surface area contributed by atoms with Crippen molar-refractivity contribution in [2.24, 2.45) is 0 Å². The summed E-state index contributed by atoms with van der Waals surface area (Å²) in [6, 6.07) is 15.3. The van der Waals surface area contributed by atoms with Crippen LogP contribution in [0.4, 0.5) is 0 Å². The van der Waals surface area contributed by atoms with Gasteiger partial charge in [-0.15, -0.1) is 0 Å². The summed E-state index contributed by atoms with van der Waals surface area (Å²) < 4.78 is 5.74. The summed E-state index contributed by atoms with van der Waals surface area (Å²) in [5.41, 5.74) is 3.34. The molecular formula is C25H34N2O3. The molecule has 0 fully saturated rings. The van der Waals surface area contributed by atoms with Gasteiger partial charge in [-0.2, -0.15) is 0 Å². The first-order valence-corrected chi connectivity index (χ1v) is 10.7. The van der Waals surface area contributed by atoms with Gasteiger partial charge in [0.1, 0.15) is 11.8 Å². The molecule has 5 nitrogen and oxygen atoms in total. The highest BCUT2D eigenvalue weighted by Crippen LogP contribution is 2.16. The number of carbonyl (C=O) groups is 2. The maximum absolute atomic E-state index is 13.0. The molecule has 1 atom stereocenters. The Morgan fingerprint density at radius 2 is 1.77 bits per heavy atom. The molecule has 2 amide bonds. The highest BCUT2D eigenvalue weighted by atomic mass is 16.5. The van der Waals surface area contributed by atoms with Crippen molar-refractivity contribution < 1.29 is 14.3 Å². The maximum atomic E-state index is 13.0. The zero-order valence-corrected chi connectivity index (χ0v) is 18.6. The number of ether oxygens (including phenoxy) is 1. The number of nitrogens with zero attached hydrogens (tertiary/aromatic N) is 1. The third-order valence-electron chi connectivity index (χ3n) is 5.14. The fraction of sp³-hybridized carbons (Fsp3) is 0.440. The molecule has 0 aliphatic rings. The Hall–Kier alpha value is -2.82. The molecular weight excluding hydrogens is 376 g/mol. The fourth-order valence-electron chi connectivity index (χ4n) is 3.14. The van der Waals surface area contributed by atoms with Gasteiger partial charge in [-0.05, 0) is 56.9 Å². The molecule has 2 aromatic carbocycles. The van der Waals surface area contributed by atoms with Crippen LogP contribution in [-0.2, 0) is 16.1 Å². The Kier molecular flexibility index (Phi) is 9.39. The van der Waals surface area contributed by atoms with Crippen molar-refractivity contribution in [3.8, 4) is 5.75 Å². The average molecular weight is 411 g/mol. The summed E-state index contributed by atoms with van der Waals surface area (Å²) >= 11 is 0. The summed E-state index contributed by atoms with van der Waals surface area (Å²) in [6.07, 6.45) is 1.80. The molecule has 1 N–H and O–H groups in total. The molecule has 2 aromatic rings. The van der Waals surface area contributed by atoms with Gasteiger partial charge in [0.25, 0.3) is 0 Å². The van der Waals surface area contributed by atoms with E-state index in [-0.39, 0.29) is 11.8 Å². The molecule has 0 unspecified atom stereocenters. The third-order valence-corrected chi connectivity index (χ3v) is 5.14. The van der Waals surface area contributed by atoms with Crippen LogP contribution in [0.5, 0.6) is 5.75 Å². The van der Waals surface area contributed by atoms with Gasteiger partial charge in [-0.25, -0.2) is 0 Å². The molecule has 0 heterocycles. The van der Waals surface area contributed by atoms with Crippen LogP contribution in [0.3, 0.4) is 0 Å². The monoisotopic (exact) mass is 410 g/mol. The second kappa shape index (κ2) is 12.0. The Morgan fingerprint density at radius 3 is 2.43 bits per heavy atom. The number of benzene rings is 2. The van der Waals surface area contributed by atoms with Crippen molar-refractivity contribution in [3.05, 3.63) is 65.2 Å². The smallest absolute Gasteiger partial charge is 0.242 e. The van der Waals surface area contributed by atoms with E-state index in [0.717, 1.165) is 23.3 Å². The van der Waals surface area contributed by atoms with Crippen molar-refractivity contribution in [3.63, 3.8) is 0 Å². The number of rotatable bonds is 11. The minimum atomic E-state index is -0.526. The first-order chi connectivity index (χ1) is 14.4. The number of amides is 2. The third kappa shape index (κ3) is 7.21. The van der Waals surface area contributed by atoms with Crippen molar-refractivity contribution >= 4 is 11.8 Å². The molecule has 0 aliphatic heterocycles. The highest BCUT2D eigenvalue weighted by molar-refractivity contribution is 5.87. The average Bonchev–Trinajstić information content (AvgIpc) is 2.75. The predicted octanol–water partition coefficient (Wildman–Crippen LogP) is 4.41. The summed E-state index contributed by atoms with van der Waals surface area (Å²) in [4.78, 5) is 27.2. The number of carbonyl (C=O) groups excluding carboxylic acids is 2. The number of hydrogen-bond acceptors (Lipinski definition) is 3. The van der Waals surface area contributed by atoms with Gasteiger partial charge in [-0.3, -0.25) is 9.59 Å². The van der Waals surface area contributed by atoms with E-state index in [1.807, 2.05) is 69.3 Å². The van der Waals surface area contributed by atoms with Crippen molar-refractivity contribution in [2.45, 2.75) is 59.5 Å². The topological polar surface area (TPSA) is 58.6 Å². The van der Waals surface area contributed by atoms with E-state index < -0.39 is 6.04 Å².